The van der Waals surface area contributed by atoms with E-state index < -0.39 is 12.7 Å². The van der Waals surface area contributed by atoms with Crippen LogP contribution in [0.25, 0.3) is 0 Å². The maximum atomic E-state index is 11.9. The molecule has 0 amide bonds. The molecular weight excluding hydrogens is 357 g/mol. The van der Waals surface area contributed by atoms with E-state index in [-0.39, 0.29) is 34.0 Å². The van der Waals surface area contributed by atoms with E-state index in [9.17, 15) is 9.36 Å². The van der Waals surface area contributed by atoms with Gasteiger partial charge in [0.25, 0.3) is 0 Å². The van der Waals surface area contributed by atoms with Crippen LogP contribution in [0.5, 0.6) is 5.88 Å². The van der Waals surface area contributed by atoms with Crippen molar-refractivity contribution < 1.29 is 19.0 Å². The molecule has 1 atom stereocenters. The van der Waals surface area contributed by atoms with E-state index in [1.165, 1.54) is 6.07 Å². The smallest absolute Gasteiger partial charge is 0.372 e. The highest BCUT2D eigenvalue weighted by Crippen LogP contribution is 2.49. The van der Waals surface area contributed by atoms with E-state index in [4.69, 9.17) is 44.4 Å². The molecule has 0 aliphatic heterocycles. The van der Waals surface area contributed by atoms with E-state index in [2.05, 4.69) is 22.3 Å². The first-order valence-electron chi connectivity index (χ1n) is 4.72. The molecule has 0 fully saturated rings. The lowest BCUT2D eigenvalue weighted by Gasteiger charge is -2.15. The van der Waals surface area contributed by atoms with Gasteiger partial charge in [-0.2, -0.15) is 4.98 Å². The number of carboxylic acids is 1. The van der Waals surface area contributed by atoms with Gasteiger partial charge >= 0.3 is 12.7 Å². The average Bonchev–Trinajstić information content (AvgIpc) is 2.24. The molecule has 0 saturated carbocycles. The van der Waals surface area contributed by atoms with Crippen molar-refractivity contribution in [2.24, 2.45) is 0 Å². The summed E-state index contributed by atoms with van der Waals surface area (Å²) in [5, 5.41) is 10.8. The Morgan fingerprint density at radius 3 is 2.68 bits per heavy atom. The first kappa shape index (κ1) is 16.9. The van der Waals surface area contributed by atoms with Gasteiger partial charge in [0.2, 0.25) is 5.88 Å². The highest BCUT2D eigenvalue weighted by Gasteiger charge is 2.22. The second kappa shape index (κ2) is 7.02. The van der Waals surface area contributed by atoms with Crippen LogP contribution in [-0.4, -0.2) is 22.6 Å². The van der Waals surface area contributed by atoms with Crippen LogP contribution in [0.1, 0.15) is 6.42 Å². The minimum Gasteiger partial charge on any atom is -0.481 e. The van der Waals surface area contributed by atoms with E-state index in [1.807, 2.05) is 0 Å². The fourth-order valence-corrected chi connectivity index (χ4v) is 2.89. The first-order chi connectivity index (χ1) is 8.71. The van der Waals surface area contributed by atoms with Gasteiger partial charge in [0.05, 0.1) is 11.4 Å². The van der Waals surface area contributed by atoms with Gasteiger partial charge in [-0.05, 0) is 6.07 Å². The van der Waals surface area contributed by atoms with Crippen LogP contribution in [0.3, 0.4) is 0 Å². The molecule has 0 radical (unpaired) electrons. The summed E-state index contributed by atoms with van der Waals surface area (Å²) in [6, 6.07) is 1.28. The van der Waals surface area contributed by atoms with Crippen LogP contribution in [0.15, 0.2) is 6.07 Å². The molecule has 0 aliphatic carbocycles. The van der Waals surface area contributed by atoms with Crippen molar-refractivity contribution in [2.75, 3.05) is 6.54 Å². The second-order valence-electron chi connectivity index (χ2n) is 3.21. The molecule has 1 unspecified atom stereocenters. The van der Waals surface area contributed by atoms with Crippen molar-refractivity contribution >= 4 is 59.7 Å². The third-order valence-electron chi connectivity index (χ3n) is 1.72. The standard InChI is InChI=1S/C8H8Cl3N2O4PS/c9-4-3-5(10)8(13-7(4)11)17-18(16,19)12-2-1-6(14)15/h3H,1-2H2,(H,14,15)(H2,12,16,19). The quantitative estimate of drug-likeness (QED) is 0.406. The Balaban J connectivity index is 2.75. The zero-order valence-corrected chi connectivity index (χ0v) is 13.2. The monoisotopic (exact) mass is 364 g/mol. The van der Waals surface area contributed by atoms with E-state index in [1.54, 1.807) is 0 Å². The number of hydrogen-bond donors (Lipinski definition) is 3. The lowest BCUT2D eigenvalue weighted by molar-refractivity contribution is -0.136. The summed E-state index contributed by atoms with van der Waals surface area (Å²) in [5.41, 5.74) is 0. The predicted molar refractivity (Wildman–Crippen MR) is 76.7 cm³/mol. The van der Waals surface area contributed by atoms with Crippen LogP contribution in [0.4, 0.5) is 0 Å². The Morgan fingerprint density at radius 1 is 1.47 bits per heavy atom. The molecule has 0 aliphatic rings. The predicted octanol–water partition coefficient (Wildman–Crippen LogP) is 3.52. The van der Waals surface area contributed by atoms with Crippen LogP contribution >= 0.6 is 53.8 Å². The topological polar surface area (TPSA) is 88.5 Å². The Morgan fingerprint density at radius 2 is 2.11 bits per heavy atom. The molecule has 1 heterocycles. The molecule has 0 spiro atoms. The number of carbonyl (C=O) groups is 1. The highest BCUT2D eigenvalue weighted by molar-refractivity contribution is 8.45. The summed E-state index contributed by atoms with van der Waals surface area (Å²) in [6.07, 6.45) is -0.240. The van der Waals surface area contributed by atoms with E-state index in [0.29, 0.717) is 0 Å². The van der Waals surface area contributed by atoms with Crippen molar-refractivity contribution in [2.45, 2.75) is 6.42 Å². The lowest BCUT2D eigenvalue weighted by atomic mass is 10.5. The largest absolute Gasteiger partial charge is 0.481 e. The number of aromatic nitrogens is 1. The minimum atomic E-state index is -3.60. The average molecular weight is 366 g/mol. The molecule has 6 nitrogen and oxygen atoms in total. The first-order valence-corrected chi connectivity index (χ1v) is 8.63. The van der Waals surface area contributed by atoms with Crippen molar-refractivity contribution in [3.8, 4) is 5.88 Å². The van der Waals surface area contributed by atoms with E-state index in [0.717, 1.165) is 0 Å². The molecular formula is C8H8Cl3N2O4PS. The number of thiol groups is 1. The van der Waals surface area contributed by atoms with Gasteiger partial charge in [0.15, 0.2) is 5.15 Å². The van der Waals surface area contributed by atoms with Gasteiger partial charge in [-0.15, -0.1) is 0 Å². The van der Waals surface area contributed by atoms with Crippen molar-refractivity contribution in [3.05, 3.63) is 21.3 Å². The van der Waals surface area contributed by atoms with Gasteiger partial charge in [0, 0.05) is 6.54 Å². The maximum Gasteiger partial charge on any atom is 0.372 e. The number of nitrogens with one attached hydrogen (secondary N) is 1. The van der Waals surface area contributed by atoms with Crippen molar-refractivity contribution in [1.82, 2.24) is 10.1 Å². The molecule has 11 heteroatoms. The maximum absolute atomic E-state index is 11.9. The molecule has 0 aromatic carbocycles. The molecule has 0 saturated heterocycles. The van der Waals surface area contributed by atoms with Crippen molar-refractivity contribution in [3.63, 3.8) is 0 Å². The fourth-order valence-electron chi connectivity index (χ4n) is 0.946. The van der Waals surface area contributed by atoms with Gasteiger partial charge in [0.1, 0.15) is 5.02 Å². The number of carboxylic acid groups (broad SMARTS) is 1. The number of pyridine rings is 1. The number of hydrogen-bond acceptors (Lipinski definition) is 4. The van der Waals surface area contributed by atoms with E-state index >= 15 is 0 Å². The molecule has 19 heavy (non-hydrogen) atoms. The fraction of sp³-hybridized carbons (Fsp3) is 0.250. The normalized spacial score (nSPS) is 13.9. The summed E-state index contributed by atoms with van der Waals surface area (Å²) in [7, 11) is 0. The SMILES string of the molecule is O=C(O)CCNP(=O)(S)Oc1nc(Cl)c(Cl)cc1Cl. The summed E-state index contributed by atoms with van der Waals surface area (Å²) in [4.78, 5) is 14.0. The van der Waals surface area contributed by atoms with Gasteiger partial charge in [-0.1, -0.05) is 47.1 Å². The third kappa shape index (κ3) is 5.77. The zero-order valence-electron chi connectivity index (χ0n) is 9.14. The second-order valence-corrected chi connectivity index (χ2v) is 7.50. The third-order valence-corrected chi connectivity index (χ3v) is 4.37. The van der Waals surface area contributed by atoms with Crippen LogP contribution in [0.2, 0.25) is 15.2 Å². The van der Waals surface area contributed by atoms with Crippen LogP contribution < -0.4 is 9.61 Å². The Bertz CT molecular complexity index is 545. The summed E-state index contributed by atoms with van der Waals surface area (Å²) < 4.78 is 16.9. The van der Waals surface area contributed by atoms with Gasteiger partial charge in [-0.3, -0.25) is 4.79 Å². The Hall–Kier alpha value is -0.170. The minimum absolute atomic E-state index is 0.00343. The number of aliphatic carboxylic acids is 1. The molecule has 0 bridgehead atoms. The Labute approximate surface area is 129 Å². The highest BCUT2D eigenvalue weighted by atomic mass is 35.5. The van der Waals surface area contributed by atoms with Crippen molar-refractivity contribution in [1.29, 1.82) is 0 Å². The number of nitrogens with zero attached hydrogens (tertiary/aromatic N) is 1. The number of rotatable bonds is 6. The summed E-state index contributed by atoms with van der Waals surface area (Å²) in [6.45, 7) is -3.69. The molecule has 1 aromatic heterocycles. The summed E-state index contributed by atoms with van der Waals surface area (Å²) in [5.74, 6) is -1.26. The zero-order chi connectivity index (χ0) is 14.6. The van der Waals surface area contributed by atoms with Crippen LogP contribution in [-0.2, 0) is 9.36 Å². The summed E-state index contributed by atoms with van der Waals surface area (Å²) >= 11 is 20.9. The molecule has 106 valence electrons. The lowest BCUT2D eigenvalue weighted by Crippen LogP contribution is -2.16. The van der Waals surface area contributed by atoms with Gasteiger partial charge in [-0.25, -0.2) is 9.65 Å². The molecule has 1 rings (SSSR count). The van der Waals surface area contributed by atoms with Gasteiger partial charge < -0.3 is 9.63 Å². The Kier molecular flexibility index (Phi) is 6.23. The number of halogens is 3. The molecule has 2 N–H and O–H groups in total. The molecule has 1 aromatic rings. The van der Waals surface area contributed by atoms with Crippen LogP contribution in [0, 0.1) is 0 Å².